The van der Waals surface area contributed by atoms with Crippen molar-refractivity contribution in [2.75, 3.05) is 14.1 Å². The van der Waals surface area contributed by atoms with Crippen LogP contribution in [0.4, 0.5) is 4.39 Å². The Labute approximate surface area is 148 Å². The van der Waals surface area contributed by atoms with Crippen molar-refractivity contribution in [2.24, 2.45) is 0 Å². The van der Waals surface area contributed by atoms with Gasteiger partial charge >= 0.3 is 0 Å². The molecule has 0 radical (unpaired) electrons. The van der Waals surface area contributed by atoms with E-state index in [-0.39, 0.29) is 5.82 Å². The van der Waals surface area contributed by atoms with Gasteiger partial charge in [-0.2, -0.15) is 0 Å². The van der Waals surface area contributed by atoms with Gasteiger partial charge in [0.25, 0.3) is 0 Å². The highest BCUT2D eigenvalue weighted by Gasteiger charge is 2.54. The van der Waals surface area contributed by atoms with Crippen molar-refractivity contribution in [3.8, 4) is 0 Å². The van der Waals surface area contributed by atoms with Crippen LogP contribution in [0.25, 0.3) is 0 Å². The van der Waals surface area contributed by atoms with Gasteiger partial charge in [0.05, 0.1) is 5.60 Å². The van der Waals surface area contributed by atoms with E-state index in [1.807, 2.05) is 18.2 Å². The van der Waals surface area contributed by atoms with Crippen LogP contribution in [0.1, 0.15) is 42.4 Å². The maximum atomic E-state index is 13.3. The van der Waals surface area contributed by atoms with E-state index >= 15 is 0 Å². The van der Waals surface area contributed by atoms with Crippen LogP contribution in [0.3, 0.4) is 0 Å². The fraction of sp³-hybridized carbons (Fsp3) is 0.429. The molecule has 1 saturated carbocycles. The number of benzene rings is 2. The summed E-state index contributed by atoms with van der Waals surface area (Å²) in [6.07, 6.45) is 3.80. The fourth-order valence-electron chi connectivity index (χ4n) is 4.42. The summed E-state index contributed by atoms with van der Waals surface area (Å²) < 4.78 is 19.8. The Bertz CT molecular complexity index is 766. The van der Waals surface area contributed by atoms with Gasteiger partial charge in [0, 0.05) is 17.2 Å². The number of ether oxygens (including phenoxy) is 1. The minimum atomic E-state index is -1.52. The van der Waals surface area contributed by atoms with Crippen LogP contribution in [0, 0.1) is 5.82 Å². The van der Waals surface area contributed by atoms with Gasteiger partial charge in [-0.15, -0.1) is 0 Å². The molecule has 1 spiro atoms. The zero-order valence-electron chi connectivity index (χ0n) is 14.7. The quantitative estimate of drug-likeness (QED) is 0.903. The van der Waals surface area contributed by atoms with Crippen molar-refractivity contribution < 1.29 is 14.2 Å². The summed E-state index contributed by atoms with van der Waals surface area (Å²) in [7, 11) is 4.22. The summed E-state index contributed by atoms with van der Waals surface area (Å²) in [5.41, 5.74) is 1.96. The molecule has 3 nitrogen and oxygen atoms in total. The topological polar surface area (TPSA) is 32.7 Å². The third-order valence-electron chi connectivity index (χ3n) is 5.85. The molecule has 4 rings (SSSR count). The fourth-order valence-corrected chi connectivity index (χ4v) is 4.42. The Kier molecular flexibility index (Phi) is 3.95. The van der Waals surface area contributed by atoms with E-state index < -0.39 is 11.4 Å². The van der Waals surface area contributed by atoms with Crippen molar-refractivity contribution in [1.82, 2.24) is 4.90 Å². The van der Waals surface area contributed by atoms with Gasteiger partial charge < -0.3 is 14.7 Å². The molecule has 25 heavy (non-hydrogen) atoms. The number of nitrogens with zero attached hydrogens (tertiary/aromatic N) is 1. The number of halogens is 1. The Balaban J connectivity index is 1.75. The summed E-state index contributed by atoms with van der Waals surface area (Å²) in [5, 5.41) is 11.4. The molecule has 1 aliphatic carbocycles. The molecule has 0 bridgehead atoms. The third-order valence-corrected chi connectivity index (χ3v) is 5.85. The molecule has 1 unspecified atom stereocenters. The summed E-state index contributed by atoms with van der Waals surface area (Å²) in [6, 6.07) is 14.4. The molecule has 1 fully saturated rings. The van der Waals surface area contributed by atoms with Gasteiger partial charge in [0.1, 0.15) is 5.82 Å². The zero-order valence-corrected chi connectivity index (χ0v) is 14.7. The number of aliphatic hydroxyl groups is 1. The van der Waals surface area contributed by atoms with Gasteiger partial charge in [-0.3, -0.25) is 0 Å². The second-order valence-corrected chi connectivity index (χ2v) is 7.49. The highest BCUT2D eigenvalue weighted by Crippen LogP contribution is 2.55. The molecular weight excluding hydrogens is 317 g/mol. The molecular formula is C21H24FNO2. The average Bonchev–Trinajstić information content (AvgIpc) is 2.86. The first-order chi connectivity index (χ1) is 11.9. The third kappa shape index (κ3) is 2.60. The van der Waals surface area contributed by atoms with Crippen molar-refractivity contribution in [2.45, 2.75) is 43.1 Å². The molecule has 132 valence electrons. The lowest BCUT2D eigenvalue weighted by atomic mass is 9.77. The second-order valence-electron chi connectivity index (χ2n) is 7.49. The van der Waals surface area contributed by atoms with Crippen molar-refractivity contribution in [3.05, 3.63) is 71.0 Å². The summed E-state index contributed by atoms with van der Waals surface area (Å²) in [6.45, 7) is 0. The number of rotatable bonds is 2. The molecule has 1 N–H and O–H groups in total. The SMILES string of the molecule is CN(C)C1CCC2(CC1)OC(O)(c1ccc(F)cc1)c1ccccc12. The van der Waals surface area contributed by atoms with Gasteiger partial charge in [-0.05, 0) is 57.5 Å². The zero-order chi connectivity index (χ0) is 17.7. The maximum Gasteiger partial charge on any atom is 0.221 e. The van der Waals surface area contributed by atoms with E-state index in [0.717, 1.165) is 36.8 Å². The van der Waals surface area contributed by atoms with E-state index in [9.17, 15) is 9.50 Å². The van der Waals surface area contributed by atoms with E-state index in [2.05, 4.69) is 25.1 Å². The lowest BCUT2D eigenvalue weighted by Gasteiger charge is -2.40. The number of hydrogen-bond acceptors (Lipinski definition) is 3. The normalized spacial score (nSPS) is 31.5. The van der Waals surface area contributed by atoms with E-state index in [1.165, 1.54) is 12.1 Å². The molecule has 0 saturated heterocycles. The Morgan fingerprint density at radius 3 is 2.20 bits per heavy atom. The standard InChI is InChI=1S/C21H24FNO2/c1-23(2)17-11-13-20(14-12-17)18-5-3-4-6-19(18)21(24,25-20)15-7-9-16(22)10-8-15/h3-10,17,24H,11-14H2,1-2H3. The van der Waals surface area contributed by atoms with E-state index in [1.54, 1.807) is 12.1 Å². The highest BCUT2D eigenvalue weighted by molar-refractivity contribution is 5.46. The first-order valence-electron chi connectivity index (χ1n) is 8.90. The van der Waals surface area contributed by atoms with Crippen LogP contribution in [0.2, 0.25) is 0 Å². The number of fused-ring (bicyclic) bond motifs is 2. The molecule has 4 heteroatoms. The van der Waals surface area contributed by atoms with Crippen LogP contribution >= 0.6 is 0 Å². The Hall–Kier alpha value is -1.75. The molecule has 2 aromatic rings. The van der Waals surface area contributed by atoms with E-state index in [0.29, 0.717) is 11.6 Å². The average molecular weight is 341 g/mol. The monoisotopic (exact) mass is 341 g/mol. The van der Waals surface area contributed by atoms with Crippen LogP contribution in [-0.2, 0) is 16.1 Å². The summed E-state index contributed by atoms with van der Waals surface area (Å²) >= 11 is 0. The van der Waals surface area contributed by atoms with Crippen LogP contribution in [-0.4, -0.2) is 30.1 Å². The molecule has 1 heterocycles. The molecule has 2 aromatic carbocycles. The Morgan fingerprint density at radius 1 is 1.00 bits per heavy atom. The van der Waals surface area contributed by atoms with Gasteiger partial charge in [-0.25, -0.2) is 4.39 Å². The molecule has 0 amide bonds. The van der Waals surface area contributed by atoms with E-state index in [4.69, 9.17) is 4.74 Å². The first kappa shape index (κ1) is 16.7. The molecule has 1 atom stereocenters. The van der Waals surface area contributed by atoms with Gasteiger partial charge in [0.15, 0.2) is 0 Å². The van der Waals surface area contributed by atoms with Crippen LogP contribution < -0.4 is 0 Å². The van der Waals surface area contributed by atoms with Crippen molar-refractivity contribution in [1.29, 1.82) is 0 Å². The summed E-state index contributed by atoms with van der Waals surface area (Å²) in [5.74, 6) is -1.84. The van der Waals surface area contributed by atoms with Crippen LogP contribution in [0.15, 0.2) is 48.5 Å². The predicted molar refractivity (Wildman–Crippen MR) is 94.5 cm³/mol. The molecule has 1 aliphatic heterocycles. The minimum absolute atomic E-state index is 0.320. The number of hydrogen-bond donors (Lipinski definition) is 1. The summed E-state index contributed by atoms with van der Waals surface area (Å²) in [4.78, 5) is 2.26. The largest absolute Gasteiger partial charge is 0.358 e. The van der Waals surface area contributed by atoms with Crippen molar-refractivity contribution >= 4 is 0 Å². The smallest absolute Gasteiger partial charge is 0.221 e. The lowest BCUT2D eigenvalue weighted by molar-refractivity contribution is -0.243. The molecule has 0 aromatic heterocycles. The lowest BCUT2D eigenvalue weighted by Crippen LogP contribution is -2.41. The minimum Gasteiger partial charge on any atom is -0.358 e. The molecule has 2 aliphatic rings. The second kappa shape index (κ2) is 5.90. The Morgan fingerprint density at radius 2 is 1.60 bits per heavy atom. The van der Waals surface area contributed by atoms with Gasteiger partial charge in [0.2, 0.25) is 5.79 Å². The van der Waals surface area contributed by atoms with Crippen molar-refractivity contribution in [3.63, 3.8) is 0 Å². The highest BCUT2D eigenvalue weighted by atomic mass is 19.1. The van der Waals surface area contributed by atoms with Crippen LogP contribution in [0.5, 0.6) is 0 Å². The predicted octanol–water partition coefficient (Wildman–Crippen LogP) is 3.75. The van der Waals surface area contributed by atoms with Gasteiger partial charge in [-0.1, -0.05) is 36.4 Å². The first-order valence-corrected chi connectivity index (χ1v) is 8.90. The maximum absolute atomic E-state index is 13.3.